The van der Waals surface area contributed by atoms with E-state index in [0.29, 0.717) is 19.6 Å². The number of rotatable bonds is 6. The fraction of sp³-hybridized carbons (Fsp3) is 0.889. The van der Waals surface area contributed by atoms with Gasteiger partial charge in [0.05, 0.1) is 12.0 Å². The van der Waals surface area contributed by atoms with Crippen molar-refractivity contribution in [1.29, 1.82) is 0 Å². The smallest absolute Gasteiger partial charge is 0.311 e. The van der Waals surface area contributed by atoms with Crippen LogP contribution in [-0.2, 0) is 9.53 Å². The van der Waals surface area contributed by atoms with Gasteiger partial charge in [-0.1, -0.05) is 13.3 Å². The molecule has 72 valence electrons. The van der Waals surface area contributed by atoms with Gasteiger partial charge in [-0.15, -0.1) is 0 Å². The molecule has 0 saturated heterocycles. The summed E-state index contributed by atoms with van der Waals surface area (Å²) in [6, 6.07) is 0. The molecule has 1 atom stereocenters. The average molecular weight is 174 g/mol. The van der Waals surface area contributed by atoms with Crippen LogP contribution in [0.15, 0.2) is 0 Å². The van der Waals surface area contributed by atoms with Crippen molar-refractivity contribution in [2.75, 3.05) is 13.2 Å². The van der Waals surface area contributed by atoms with Gasteiger partial charge in [0.2, 0.25) is 0 Å². The zero-order valence-electron chi connectivity index (χ0n) is 8.09. The third-order valence-electron chi connectivity index (χ3n) is 1.94. The lowest BCUT2D eigenvalue weighted by Gasteiger charge is -2.23. The van der Waals surface area contributed by atoms with Gasteiger partial charge < -0.3 is 9.84 Å². The molecule has 0 rings (SSSR count). The van der Waals surface area contributed by atoms with Crippen LogP contribution >= 0.6 is 0 Å². The minimum absolute atomic E-state index is 0.312. The fourth-order valence-corrected chi connectivity index (χ4v) is 1.12. The van der Waals surface area contributed by atoms with E-state index >= 15 is 0 Å². The number of carboxylic acid groups (broad SMARTS) is 1. The van der Waals surface area contributed by atoms with Crippen LogP contribution in [0.2, 0.25) is 0 Å². The van der Waals surface area contributed by atoms with Gasteiger partial charge in [0, 0.05) is 6.61 Å². The first-order valence-corrected chi connectivity index (χ1v) is 4.38. The van der Waals surface area contributed by atoms with Crippen molar-refractivity contribution in [2.45, 2.75) is 33.6 Å². The second kappa shape index (κ2) is 5.14. The Kier molecular flexibility index (Phi) is 4.90. The van der Waals surface area contributed by atoms with Crippen molar-refractivity contribution in [3.63, 3.8) is 0 Å². The molecule has 0 aliphatic rings. The van der Waals surface area contributed by atoms with E-state index in [2.05, 4.69) is 0 Å². The fourth-order valence-electron chi connectivity index (χ4n) is 1.12. The van der Waals surface area contributed by atoms with Crippen LogP contribution in [-0.4, -0.2) is 24.3 Å². The highest BCUT2D eigenvalue weighted by molar-refractivity contribution is 5.74. The normalized spacial score (nSPS) is 15.6. The molecule has 0 radical (unpaired) electrons. The molecule has 3 nitrogen and oxygen atoms in total. The number of aliphatic carboxylic acids is 1. The van der Waals surface area contributed by atoms with Gasteiger partial charge in [-0.2, -0.15) is 0 Å². The first kappa shape index (κ1) is 11.4. The standard InChI is InChI=1S/C9H18O3/c1-4-6-9(3,8(10)11)7-12-5-2/h4-7H2,1-3H3,(H,10,11). The second-order valence-electron chi connectivity index (χ2n) is 3.25. The van der Waals surface area contributed by atoms with Crippen LogP contribution in [0.3, 0.4) is 0 Å². The zero-order valence-corrected chi connectivity index (χ0v) is 8.09. The van der Waals surface area contributed by atoms with E-state index in [1.54, 1.807) is 6.92 Å². The lowest BCUT2D eigenvalue weighted by molar-refractivity contribution is -0.152. The monoisotopic (exact) mass is 174 g/mol. The summed E-state index contributed by atoms with van der Waals surface area (Å²) in [5.74, 6) is -0.766. The third-order valence-corrected chi connectivity index (χ3v) is 1.94. The van der Waals surface area contributed by atoms with Crippen LogP contribution in [0, 0.1) is 5.41 Å². The van der Waals surface area contributed by atoms with Crippen LogP contribution in [0.4, 0.5) is 0 Å². The summed E-state index contributed by atoms with van der Waals surface area (Å²) in [5, 5.41) is 8.91. The predicted molar refractivity (Wildman–Crippen MR) is 47.1 cm³/mol. The zero-order chi connectivity index (χ0) is 9.61. The van der Waals surface area contributed by atoms with Gasteiger partial charge in [0.1, 0.15) is 0 Å². The summed E-state index contributed by atoms with van der Waals surface area (Å²) in [7, 11) is 0. The highest BCUT2D eigenvalue weighted by atomic mass is 16.5. The second-order valence-corrected chi connectivity index (χ2v) is 3.25. The molecule has 1 N–H and O–H groups in total. The average Bonchev–Trinajstić information content (AvgIpc) is 2.01. The maximum Gasteiger partial charge on any atom is 0.311 e. The third kappa shape index (κ3) is 3.22. The van der Waals surface area contributed by atoms with Gasteiger partial charge in [-0.25, -0.2) is 0 Å². The highest BCUT2D eigenvalue weighted by Gasteiger charge is 2.32. The number of hydrogen-bond acceptors (Lipinski definition) is 2. The van der Waals surface area contributed by atoms with E-state index < -0.39 is 11.4 Å². The van der Waals surface area contributed by atoms with Crippen molar-refractivity contribution in [1.82, 2.24) is 0 Å². The van der Waals surface area contributed by atoms with E-state index in [4.69, 9.17) is 9.84 Å². The first-order chi connectivity index (χ1) is 5.56. The molecule has 0 aromatic rings. The number of carbonyl (C=O) groups is 1. The lowest BCUT2D eigenvalue weighted by Crippen LogP contribution is -2.32. The van der Waals surface area contributed by atoms with E-state index in [1.807, 2.05) is 13.8 Å². The predicted octanol–water partition coefficient (Wildman–Crippen LogP) is 1.91. The number of ether oxygens (including phenoxy) is 1. The molecule has 0 fully saturated rings. The molecule has 12 heavy (non-hydrogen) atoms. The Bertz CT molecular complexity index is 145. The van der Waals surface area contributed by atoms with Crippen molar-refractivity contribution in [3.05, 3.63) is 0 Å². The molecule has 0 aromatic carbocycles. The van der Waals surface area contributed by atoms with Crippen LogP contribution in [0.25, 0.3) is 0 Å². The molecular formula is C9H18O3. The van der Waals surface area contributed by atoms with Gasteiger partial charge in [0.25, 0.3) is 0 Å². The highest BCUT2D eigenvalue weighted by Crippen LogP contribution is 2.23. The minimum atomic E-state index is -0.766. The van der Waals surface area contributed by atoms with Crippen LogP contribution in [0.1, 0.15) is 33.6 Å². The molecule has 0 aromatic heterocycles. The molecule has 0 saturated carbocycles. The molecule has 3 heteroatoms. The Morgan fingerprint density at radius 1 is 1.50 bits per heavy atom. The summed E-state index contributed by atoms with van der Waals surface area (Å²) in [6.45, 7) is 6.47. The molecule has 0 bridgehead atoms. The van der Waals surface area contributed by atoms with Crippen LogP contribution in [0.5, 0.6) is 0 Å². The van der Waals surface area contributed by atoms with E-state index in [1.165, 1.54) is 0 Å². The maximum atomic E-state index is 10.8. The maximum absolute atomic E-state index is 10.8. The van der Waals surface area contributed by atoms with E-state index in [-0.39, 0.29) is 0 Å². The van der Waals surface area contributed by atoms with Gasteiger partial charge >= 0.3 is 5.97 Å². The molecule has 0 aliphatic heterocycles. The number of carboxylic acids is 1. The minimum Gasteiger partial charge on any atom is -0.481 e. The SMILES string of the molecule is CCCC(C)(COCC)C(=O)O. The molecular weight excluding hydrogens is 156 g/mol. The van der Waals surface area contributed by atoms with Crippen molar-refractivity contribution in [3.8, 4) is 0 Å². The molecule has 1 unspecified atom stereocenters. The first-order valence-electron chi connectivity index (χ1n) is 4.38. The van der Waals surface area contributed by atoms with E-state index in [0.717, 1.165) is 6.42 Å². The number of hydrogen-bond donors (Lipinski definition) is 1. The Morgan fingerprint density at radius 3 is 2.42 bits per heavy atom. The molecule has 0 heterocycles. The van der Waals surface area contributed by atoms with Crippen LogP contribution < -0.4 is 0 Å². The molecule has 0 spiro atoms. The molecule has 0 aliphatic carbocycles. The largest absolute Gasteiger partial charge is 0.481 e. The Balaban J connectivity index is 4.08. The Hall–Kier alpha value is -0.570. The van der Waals surface area contributed by atoms with Gasteiger partial charge in [-0.3, -0.25) is 4.79 Å². The van der Waals surface area contributed by atoms with Crippen molar-refractivity contribution >= 4 is 5.97 Å². The van der Waals surface area contributed by atoms with Crippen molar-refractivity contribution < 1.29 is 14.6 Å². The summed E-state index contributed by atoms with van der Waals surface area (Å²) in [5.41, 5.74) is -0.704. The summed E-state index contributed by atoms with van der Waals surface area (Å²) >= 11 is 0. The van der Waals surface area contributed by atoms with E-state index in [9.17, 15) is 4.79 Å². The molecule has 0 amide bonds. The topological polar surface area (TPSA) is 46.5 Å². The summed E-state index contributed by atoms with van der Waals surface area (Å²) in [6.07, 6.45) is 1.54. The van der Waals surface area contributed by atoms with Gasteiger partial charge in [0.15, 0.2) is 0 Å². The summed E-state index contributed by atoms with van der Waals surface area (Å²) < 4.78 is 5.13. The Labute approximate surface area is 73.7 Å². The van der Waals surface area contributed by atoms with Gasteiger partial charge in [-0.05, 0) is 20.3 Å². The quantitative estimate of drug-likeness (QED) is 0.669. The lowest BCUT2D eigenvalue weighted by atomic mass is 9.87. The Morgan fingerprint density at radius 2 is 2.08 bits per heavy atom. The van der Waals surface area contributed by atoms with Crippen molar-refractivity contribution in [2.24, 2.45) is 5.41 Å². The summed E-state index contributed by atoms with van der Waals surface area (Å²) in [4.78, 5) is 10.8.